The number of anilines is 2. The van der Waals surface area contributed by atoms with E-state index in [2.05, 4.69) is 15.3 Å². The van der Waals surface area contributed by atoms with Gasteiger partial charge in [-0.3, -0.25) is 9.69 Å². The van der Waals surface area contributed by atoms with Crippen molar-refractivity contribution < 1.29 is 18.3 Å². The standard InChI is InChI=1S/C25H21FN4O3/c1-32-18-10-8-16(9-11-18)14-27-25-28-23(21-7-4-12-33-21)19-13-22(31)30(24(19)29-25)15-17-5-2-3-6-20(17)26/h2-12H,13-15H2,1H3,(H,27,28,29). The van der Waals surface area contributed by atoms with Gasteiger partial charge in [0.2, 0.25) is 11.9 Å². The summed E-state index contributed by atoms with van der Waals surface area (Å²) in [6.45, 7) is 0.562. The molecule has 1 amide bonds. The lowest BCUT2D eigenvalue weighted by Crippen LogP contribution is -2.27. The zero-order valence-electron chi connectivity index (χ0n) is 17.9. The first-order valence-corrected chi connectivity index (χ1v) is 10.5. The van der Waals surface area contributed by atoms with E-state index in [9.17, 15) is 9.18 Å². The highest BCUT2D eigenvalue weighted by Crippen LogP contribution is 2.36. The minimum atomic E-state index is -0.364. The number of aromatic nitrogens is 2. The van der Waals surface area contributed by atoms with E-state index < -0.39 is 0 Å². The largest absolute Gasteiger partial charge is 0.497 e. The molecule has 0 radical (unpaired) electrons. The van der Waals surface area contributed by atoms with Gasteiger partial charge < -0.3 is 14.5 Å². The van der Waals surface area contributed by atoms with Gasteiger partial charge in [-0.15, -0.1) is 0 Å². The number of nitrogens with one attached hydrogen (secondary N) is 1. The van der Waals surface area contributed by atoms with E-state index in [1.165, 1.54) is 11.0 Å². The third kappa shape index (κ3) is 4.15. The van der Waals surface area contributed by atoms with E-state index in [0.717, 1.165) is 11.3 Å². The topological polar surface area (TPSA) is 80.5 Å². The molecule has 3 heterocycles. The van der Waals surface area contributed by atoms with Gasteiger partial charge in [0.05, 0.1) is 26.3 Å². The lowest BCUT2D eigenvalue weighted by Gasteiger charge is -2.18. The Kier molecular flexibility index (Phi) is 5.48. The van der Waals surface area contributed by atoms with Crippen molar-refractivity contribution in [1.29, 1.82) is 0 Å². The summed E-state index contributed by atoms with van der Waals surface area (Å²) < 4.78 is 25.1. The molecule has 1 aliphatic rings. The van der Waals surface area contributed by atoms with Crippen LogP contribution in [-0.4, -0.2) is 23.0 Å². The fraction of sp³-hybridized carbons (Fsp3) is 0.160. The predicted molar refractivity (Wildman–Crippen MR) is 121 cm³/mol. The maximum Gasteiger partial charge on any atom is 0.233 e. The minimum absolute atomic E-state index is 0.0883. The molecule has 1 aliphatic heterocycles. The number of furan rings is 1. The molecule has 7 nitrogen and oxygen atoms in total. The number of methoxy groups -OCH3 is 1. The van der Waals surface area contributed by atoms with Gasteiger partial charge in [0.1, 0.15) is 23.1 Å². The Morgan fingerprint density at radius 3 is 2.64 bits per heavy atom. The Morgan fingerprint density at radius 2 is 1.91 bits per heavy atom. The molecule has 0 atom stereocenters. The van der Waals surface area contributed by atoms with Crippen molar-refractivity contribution >= 4 is 17.7 Å². The molecule has 8 heteroatoms. The molecule has 166 valence electrons. The van der Waals surface area contributed by atoms with Gasteiger partial charge in [-0.1, -0.05) is 30.3 Å². The molecule has 5 rings (SSSR count). The van der Waals surface area contributed by atoms with Gasteiger partial charge in [0.25, 0.3) is 0 Å². The van der Waals surface area contributed by atoms with Crippen LogP contribution in [-0.2, 0) is 24.3 Å². The highest BCUT2D eigenvalue weighted by atomic mass is 19.1. The lowest BCUT2D eigenvalue weighted by atomic mass is 10.1. The van der Waals surface area contributed by atoms with E-state index in [-0.39, 0.29) is 24.7 Å². The van der Waals surface area contributed by atoms with Crippen molar-refractivity contribution in [2.45, 2.75) is 19.5 Å². The van der Waals surface area contributed by atoms with Crippen LogP contribution in [0.3, 0.4) is 0 Å². The zero-order chi connectivity index (χ0) is 22.8. The van der Waals surface area contributed by atoms with Crippen LogP contribution in [0.1, 0.15) is 16.7 Å². The summed E-state index contributed by atoms with van der Waals surface area (Å²) in [6.07, 6.45) is 1.68. The molecular formula is C25H21FN4O3. The van der Waals surface area contributed by atoms with Crippen LogP contribution in [0.4, 0.5) is 16.2 Å². The third-order valence-electron chi connectivity index (χ3n) is 5.52. The number of benzene rings is 2. The number of nitrogens with zero attached hydrogens (tertiary/aromatic N) is 3. The van der Waals surface area contributed by atoms with Crippen molar-refractivity contribution in [1.82, 2.24) is 9.97 Å². The molecule has 0 fully saturated rings. The predicted octanol–water partition coefficient (Wildman–Crippen LogP) is 4.59. The lowest BCUT2D eigenvalue weighted by molar-refractivity contribution is -0.117. The van der Waals surface area contributed by atoms with Crippen molar-refractivity contribution in [3.8, 4) is 17.2 Å². The van der Waals surface area contributed by atoms with E-state index in [1.54, 1.807) is 43.7 Å². The molecule has 33 heavy (non-hydrogen) atoms. The monoisotopic (exact) mass is 444 g/mol. The first-order valence-electron chi connectivity index (χ1n) is 10.5. The molecular weight excluding hydrogens is 423 g/mol. The number of amides is 1. The van der Waals surface area contributed by atoms with Crippen LogP contribution in [0.2, 0.25) is 0 Å². The number of carbonyl (C=O) groups is 1. The Hall–Kier alpha value is -4.20. The normalized spacial score (nSPS) is 12.7. The Morgan fingerprint density at radius 1 is 1.09 bits per heavy atom. The highest BCUT2D eigenvalue weighted by Gasteiger charge is 2.34. The average molecular weight is 444 g/mol. The Labute approximate surface area is 189 Å². The fourth-order valence-corrected chi connectivity index (χ4v) is 3.80. The first-order chi connectivity index (χ1) is 16.1. The molecule has 2 aromatic carbocycles. The maximum atomic E-state index is 14.3. The Balaban J connectivity index is 1.49. The molecule has 0 spiro atoms. The molecule has 0 saturated carbocycles. The minimum Gasteiger partial charge on any atom is -0.497 e. The van der Waals surface area contributed by atoms with Crippen LogP contribution in [0.25, 0.3) is 11.5 Å². The summed E-state index contributed by atoms with van der Waals surface area (Å²) >= 11 is 0. The van der Waals surface area contributed by atoms with Gasteiger partial charge in [-0.25, -0.2) is 9.37 Å². The average Bonchev–Trinajstić information content (AvgIpc) is 3.48. The van der Waals surface area contributed by atoms with Crippen LogP contribution in [0.5, 0.6) is 5.75 Å². The summed E-state index contributed by atoms with van der Waals surface area (Å²) in [4.78, 5) is 23.7. The van der Waals surface area contributed by atoms with Gasteiger partial charge in [-0.2, -0.15) is 4.98 Å². The fourth-order valence-electron chi connectivity index (χ4n) is 3.80. The summed E-state index contributed by atoms with van der Waals surface area (Å²) in [5, 5.41) is 3.22. The van der Waals surface area contributed by atoms with Crippen molar-refractivity contribution in [3.63, 3.8) is 0 Å². The zero-order valence-corrected chi connectivity index (χ0v) is 17.9. The van der Waals surface area contributed by atoms with E-state index >= 15 is 0 Å². The highest BCUT2D eigenvalue weighted by molar-refractivity contribution is 6.02. The van der Waals surface area contributed by atoms with E-state index in [0.29, 0.717) is 40.9 Å². The molecule has 0 saturated heterocycles. The van der Waals surface area contributed by atoms with Crippen molar-refractivity contribution in [2.75, 3.05) is 17.3 Å². The second kappa shape index (κ2) is 8.74. The van der Waals surface area contributed by atoms with Gasteiger partial charge in [-0.05, 0) is 35.9 Å². The number of rotatable bonds is 7. The van der Waals surface area contributed by atoms with Crippen LogP contribution < -0.4 is 15.0 Å². The second-order valence-electron chi connectivity index (χ2n) is 7.62. The van der Waals surface area contributed by atoms with Gasteiger partial charge >= 0.3 is 0 Å². The van der Waals surface area contributed by atoms with E-state index in [4.69, 9.17) is 9.15 Å². The smallest absolute Gasteiger partial charge is 0.233 e. The second-order valence-corrected chi connectivity index (χ2v) is 7.62. The van der Waals surface area contributed by atoms with Gasteiger partial charge in [0.15, 0.2) is 5.76 Å². The molecule has 0 aliphatic carbocycles. The summed E-state index contributed by atoms with van der Waals surface area (Å²) in [5.41, 5.74) is 2.65. The molecule has 0 bridgehead atoms. The number of carbonyl (C=O) groups excluding carboxylic acids is 1. The quantitative estimate of drug-likeness (QED) is 0.449. The van der Waals surface area contributed by atoms with Crippen LogP contribution in [0, 0.1) is 5.82 Å². The van der Waals surface area contributed by atoms with E-state index in [1.807, 2.05) is 24.3 Å². The molecule has 1 N–H and O–H groups in total. The number of halogens is 1. The number of hydrogen-bond acceptors (Lipinski definition) is 6. The van der Waals surface area contributed by atoms with Crippen LogP contribution >= 0.6 is 0 Å². The van der Waals surface area contributed by atoms with Crippen molar-refractivity contribution in [2.24, 2.45) is 0 Å². The van der Waals surface area contributed by atoms with Crippen molar-refractivity contribution in [3.05, 3.63) is 89.4 Å². The molecule has 0 unspecified atom stereocenters. The SMILES string of the molecule is COc1ccc(CNc2nc(-c3ccco3)c3c(n2)N(Cc2ccccc2F)C(=O)C3)cc1. The summed E-state index contributed by atoms with van der Waals surface area (Å²) in [5.74, 6) is 1.60. The molecule has 2 aromatic heterocycles. The van der Waals surface area contributed by atoms with Gasteiger partial charge in [0, 0.05) is 17.7 Å². The third-order valence-corrected chi connectivity index (χ3v) is 5.52. The first kappa shape index (κ1) is 20.7. The molecule has 4 aromatic rings. The number of fused-ring (bicyclic) bond motifs is 1. The number of hydrogen-bond donors (Lipinski definition) is 1. The van der Waals surface area contributed by atoms with Crippen LogP contribution in [0.15, 0.2) is 71.3 Å². The summed E-state index contributed by atoms with van der Waals surface area (Å²) in [7, 11) is 1.62. The maximum absolute atomic E-state index is 14.3. The number of ether oxygens (including phenoxy) is 1. The Bertz CT molecular complexity index is 1290. The summed E-state index contributed by atoms with van der Waals surface area (Å²) in [6, 6.07) is 17.6.